The normalized spacial score (nSPS) is 21.6. The summed E-state index contributed by atoms with van der Waals surface area (Å²) < 4.78 is 30.4. The minimum atomic E-state index is -2.61. The van der Waals surface area contributed by atoms with Gasteiger partial charge in [0, 0.05) is 12.8 Å². The van der Waals surface area contributed by atoms with E-state index in [1.807, 2.05) is 0 Å². The molecule has 2 aliphatic heterocycles. The maximum absolute atomic E-state index is 12.5. The van der Waals surface area contributed by atoms with Crippen molar-refractivity contribution in [3.63, 3.8) is 0 Å². The van der Waals surface area contributed by atoms with E-state index in [0.29, 0.717) is 12.2 Å². The van der Waals surface area contributed by atoms with E-state index >= 15 is 0 Å². The number of carbonyl (C=O) groups is 1. The van der Waals surface area contributed by atoms with Crippen LogP contribution in [-0.4, -0.2) is 36.3 Å². The Morgan fingerprint density at radius 2 is 2.10 bits per heavy atom. The van der Waals surface area contributed by atoms with Gasteiger partial charge in [-0.25, -0.2) is 13.6 Å². The fourth-order valence-corrected chi connectivity index (χ4v) is 2.65. The molecular weight excluding hydrogens is 268 g/mol. The molecule has 2 fully saturated rings. The van der Waals surface area contributed by atoms with Crippen LogP contribution >= 0.6 is 0 Å². The smallest absolute Gasteiger partial charge is 0.415 e. The molecule has 2 aliphatic rings. The summed E-state index contributed by atoms with van der Waals surface area (Å²) in [5.74, 6) is 0. The van der Waals surface area contributed by atoms with Crippen molar-refractivity contribution >= 4 is 11.8 Å². The molecule has 20 heavy (non-hydrogen) atoms. The van der Waals surface area contributed by atoms with E-state index in [1.54, 1.807) is 0 Å². The van der Waals surface area contributed by atoms with Crippen molar-refractivity contribution in [2.45, 2.75) is 24.9 Å². The zero-order chi connectivity index (χ0) is 14.2. The molecule has 0 unspecified atom stereocenters. The van der Waals surface area contributed by atoms with Gasteiger partial charge in [0.25, 0.3) is 6.43 Å². The van der Waals surface area contributed by atoms with E-state index in [4.69, 9.17) is 4.74 Å². The number of nitrogens with one attached hydrogen (secondary N) is 1. The van der Waals surface area contributed by atoms with E-state index in [9.17, 15) is 13.6 Å². The molecule has 1 aromatic rings. The Kier molecular flexibility index (Phi) is 3.29. The van der Waals surface area contributed by atoms with Crippen LogP contribution in [0.2, 0.25) is 0 Å². The molecule has 2 saturated heterocycles. The standard InChI is InChI=1S/C13H15F2N3O2/c14-11(15)10-2-1-9(7-17-10)18-8-13(20-12(18)19)3-5-16-6-4-13/h1-2,7,11,16H,3-6,8H2. The lowest BCUT2D eigenvalue weighted by atomic mass is 9.92. The van der Waals surface area contributed by atoms with Gasteiger partial charge in [-0.05, 0) is 25.2 Å². The first-order valence-corrected chi connectivity index (χ1v) is 6.55. The molecule has 3 heterocycles. The molecule has 1 amide bonds. The molecule has 1 spiro atoms. The number of piperidine rings is 1. The number of hydrogen-bond acceptors (Lipinski definition) is 4. The van der Waals surface area contributed by atoms with E-state index in [2.05, 4.69) is 10.3 Å². The van der Waals surface area contributed by atoms with Crippen LogP contribution in [0, 0.1) is 0 Å². The molecule has 7 heteroatoms. The monoisotopic (exact) mass is 283 g/mol. The molecule has 0 radical (unpaired) electrons. The molecule has 0 bridgehead atoms. The average molecular weight is 283 g/mol. The predicted molar refractivity (Wildman–Crippen MR) is 67.9 cm³/mol. The minimum Gasteiger partial charge on any atom is -0.441 e. The Morgan fingerprint density at radius 1 is 1.35 bits per heavy atom. The third kappa shape index (κ3) is 2.33. The van der Waals surface area contributed by atoms with Crippen molar-refractivity contribution in [3.8, 4) is 0 Å². The van der Waals surface area contributed by atoms with Gasteiger partial charge in [-0.3, -0.25) is 9.88 Å². The largest absolute Gasteiger partial charge is 0.441 e. The summed E-state index contributed by atoms with van der Waals surface area (Å²) in [6.07, 6.45) is -0.220. The van der Waals surface area contributed by atoms with Crippen molar-refractivity contribution in [1.82, 2.24) is 10.3 Å². The SMILES string of the molecule is O=C1OC2(CCNCC2)CN1c1ccc(C(F)F)nc1. The van der Waals surface area contributed by atoms with Gasteiger partial charge >= 0.3 is 6.09 Å². The molecule has 0 atom stereocenters. The van der Waals surface area contributed by atoms with Crippen LogP contribution in [0.3, 0.4) is 0 Å². The van der Waals surface area contributed by atoms with Gasteiger partial charge in [-0.1, -0.05) is 0 Å². The van der Waals surface area contributed by atoms with Crippen molar-refractivity contribution in [3.05, 3.63) is 24.0 Å². The molecule has 0 saturated carbocycles. The van der Waals surface area contributed by atoms with E-state index in [0.717, 1.165) is 25.9 Å². The lowest BCUT2D eigenvalue weighted by molar-refractivity contribution is 0.0316. The zero-order valence-corrected chi connectivity index (χ0v) is 10.8. The van der Waals surface area contributed by atoms with Crippen molar-refractivity contribution < 1.29 is 18.3 Å². The van der Waals surface area contributed by atoms with Crippen LogP contribution < -0.4 is 10.2 Å². The Hall–Kier alpha value is -1.76. The first-order valence-electron chi connectivity index (χ1n) is 6.55. The summed E-state index contributed by atoms with van der Waals surface area (Å²) in [7, 11) is 0. The van der Waals surface area contributed by atoms with E-state index in [-0.39, 0.29) is 5.69 Å². The predicted octanol–water partition coefficient (Wildman–Crippen LogP) is 2.10. The Bertz CT molecular complexity index is 501. The van der Waals surface area contributed by atoms with Gasteiger partial charge in [-0.15, -0.1) is 0 Å². The summed E-state index contributed by atoms with van der Waals surface area (Å²) in [6, 6.07) is 2.72. The summed E-state index contributed by atoms with van der Waals surface area (Å²) in [5.41, 5.74) is -0.253. The number of rotatable bonds is 2. The first kappa shape index (κ1) is 13.2. The van der Waals surface area contributed by atoms with Crippen molar-refractivity contribution in [2.75, 3.05) is 24.5 Å². The highest BCUT2D eigenvalue weighted by atomic mass is 19.3. The fraction of sp³-hybridized carbons (Fsp3) is 0.538. The molecular formula is C13H15F2N3O2. The van der Waals surface area contributed by atoms with E-state index in [1.165, 1.54) is 23.2 Å². The number of anilines is 1. The van der Waals surface area contributed by atoms with E-state index < -0.39 is 18.1 Å². The van der Waals surface area contributed by atoms with Crippen molar-refractivity contribution in [2.24, 2.45) is 0 Å². The fourth-order valence-electron chi connectivity index (χ4n) is 2.65. The van der Waals surface area contributed by atoms with Crippen LogP contribution in [-0.2, 0) is 4.74 Å². The van der Waals surface area contributed by atoms with Crippen LogP contribution in [0.1, 0.15) is 25.0 Å². The van der Waals surface area contributed by atoms with Gasteiger partial charge in [-0.2, -0.15) is 0 Å². The number of hydrogen-bond donors (Lipinski definition) is 1. The zero-order valence-electron chi connectivity index (χ0n) is 10.8. The molecule has 0 aromatic carbocycles. The van der Waals surface area contributed by atoms with Gasteiger partial charge in [0.2, 0.25) is 0 Å². The second-order valence-corrected chi connectivity index (χ2v) is 5.13. The third-order valence-electron chi connectivity index (χ3n) is 3.79. The lowest BCUT2D eigenvalue weighted by Gasteiger charge is -2.31. The first-order chi connectivity index (χ1) is 9.60. The topological polar surface area (TPSA) is 54.5 Å². The molecule has 0 aliphatic carbocycles. The second kappa shape index (κ2) is 4.97. The van der Waals surface area contributed by atoms with Crippen LogP contribution in [0.25, 0.3) is 0 Å². The number of amides is 1. The molecule has 5 nitrogen and oxygen atoms in total. The second-order valence-electron chi connectivity index (χ2n) is 5.13. The minimum absolute atomic E-state index is 0.294. The van der Waals surface area contributed by atoms with Crippen LogP contribution in [0.4, 0.5) is 19.3 Å². The Balaban J connectivity index is 1.78. The Morgan fingerprint density at radius 3 is 2.70 bits per heavy atom. The molecule has 1 N–H and O–H groups in total. The summed E-state index contributed by atoms with van der Waals surface area (Å²) in [4.78, 5) is 17.1. The number of halogens is 2. The molecule has 3 rings (SSSR count). The lowest BCUT2D eigenvalue weighted by Crippen LogP contribution is -2.44. The molecule has 108 valence electrons. The maximum atomic E-state index is 12.5. The molecule has 1 aromatic heterocycles. The summed E-state index contributed by atoms with van der Waals surface area (Å²) >= 11 is 0. The van der Waals surface area contributed by atoms with Gasteiger partial charge in [0.15, 0.2) is 0 Å². The van der Waals surface area contributed by atoms with Crippen LogP contribution in [0.5, 0.6) is 0 Å². The highest BCUT2D eigenvalue weighted by Crippen LogP contribution is 2.34. The number of carbonyl (C=O) groups excluding carboxylic acids is 1. The van der Waals surface area contributed by atoms with Crippen molar-refractivity contribution in [1.29, 1.82) is 0 Å². The van der Waals surface area contributed by atoms with Gasteiger partial charge in [0.05, 0.1) is 18.4 Å². The average Bonchev–Trinajstić information content (AvgIpc) is 2.76. The van der Waals surface area contributed by atoms with Gasteiger partial charge in [0.1, 0.15) is 11.3 Å². The number of nitrogens with zero attached hydrogens (tertiary/aromatic N) is 2. The number of pyridine rings is 1. The number of ether oxygens (including phenoxy) is 1. The highest BCUT2D eigenvalue weighted by Gasteiger charge is 2.46. The summed E-state index contributed by atoms with van der Waals surface area (Å²) in [6.45, 7) is 2.07. The number of aromatic nitrogens is 1. The number of alkyl halides is 2. The highest BCUT2D eigenvalue weighted by molar-refractivity contribution is 5.90. The Labute approximate surface area is 114 Å². The van der Waals surface area contributed by atoms with Gasteiger partial charge < -0.3 is 10.1 Å². The summed E-state index contributed by atoms with van der Waals surface area (Å²) in [5, 5.41) is 3.22. The van der Waals surface area contributed by atoms with Crippen LogP contribution in [0.15, 0.2) is 18.3 Å². The maximum Gasteiger partial charge on any atom is 0.415 e. The quantitative estimate of drug-likeness (QED) is 0.903. The third-order valence-corrected chi connectivity index (χ3v) is 3.79.